The number of nitrogens with two attached hydrogens (primary N) is 1. The molecule has 0 bridgehead atoms. The van der Waals surface area contributed by atoms with Gasteiger partial charge in [0, 0.05) is 17.5 Å². The van der Waals surface area contributed by atoms with E-state index in [0.29, 0.717) is 0 Å². The van der Waals surface area contributed by atoms with Gasteiger partial charge in [-0.25, -0.2) is 0 Å². The molecule has 0 radical (unpaired) electrons. The van der Waals surface area contributed by atoms with Gasteiger partial charge in [-0.05, 0) is 32.3 Å². The van der Waals surface area contributed by atoms with Crippen LogP contribution in [0.4, 0.5) is 0 Å². The third kappa shape index (κ3) is 2.03. The molecule has 2 nitrogen and oxygen atoms in total. The molecule has 1 aliphatic carbocycles. The van der Waals surface area contributed by atoms with Gasteiger partial charge < -0.3 is 5.73 Å². The molecule has 1 fully saturated rings. The summed E-state index contributed by atoms with van der Waals surface area (Å²) < 4.78 is 0. The Labute approximate surface area is 96.8 Å². The quantitative estimate of drug-likeness (QED) is 0.774. The van der Waals surface area contributed by atoms with E-state index < -0.39 is 0 Å². The second kappa shape index (κ2) is 4.38. The standard InChI is InChI=1S/C14H19NO/c1-9-6-7-11(10(2)8-9)14(16)12-4-3-5-13(12)15/h6-8,12-13H,3-5,15H2,1-2H3. The van der Waals surface area contributed by atoms with Crippen molar-refractivity contribution in [3.63, 3.8) is 0 Å². The lowest BCUT2D eigenvalue weighted by atomic mass is 9.90. The highest BCUT2D eigenvalue weighted by molar-refractivity contribution is 5.99. The van der Waals surface area contributed by atoms with Crippen LogP contribution >= 0.6 is 0 Å². The fourth-order valence-corrected chi connectivity index (χ4v) is 2.60. The topological polar surface area (TPSA) is 43.1 Å². The summed E-state index contributed by atoms with van der Waals surface area (Å²) in [6.07, 6.45) is 3.02. The van der Waals surface area contributed by atoms with E-state index in [1.165, 1.54) is 5.56 Å². The minimum absolute atomic E-state index is 0.0430. The van der Waals surface area contributed by atoms with Crippen molar-refractivity contribution in [1.29, 1.82) is 0 Å². The molecule has 0 amide bonds. The summed E-state index contributed by atoms with van der Waals surface area (Å²) >= 11 is 0. The highest BCUT2D eigenvalue weighted by Crippen LogP contribution is 2.28. The average Bonchev–Trinajstić information content (AvgIpc) is 2.63. The fraction of sp³-hybridized carbons (Fsp3) is 0.500. The van der Waals surface area contributed by atoms with Gasteiger partial charge in [-0.15, -0.1) is 0 Å². The molecule has 2 heteroatoms. The van der Waals surface area contributed by atoms with Crippen LogP contribution in [0.2, 0.25) is 0 Å². The van der Waals surface area contributed by atoms with Gasteiger partial charge in [-0.3, -0.25) is 4.79 Å². The normalized spacial score (nSPS) is 24.7. The summed E-state index contributed by atoms with van der Waals surface area (Å²) in [4.78, 5) is 12.3. The molecule has 1 aromatic rings. The van der Waals surface area contributed by atoms with Crippen molar-refractivity contribution in [1.82, 2.24) is 0 Å². The Hall–Kier alpha value is -1.15. The molecule has 2 N–H and O–H groups in total. The van der Waals surface area contributed by atoms with Crippen LogP contribution in [-0.4, -0.2) is 11.8 Å². The molecule has 0 saturated heterocycles. The smallest absolute Gasteiger partial charge is 0.167 e. The first-order chi connectivity index (χ1) is 7.59. The zero-order chi connectivity index (χ0) is 11.7. The van der Waals surface area contributed by atoms with Gasteiger partial charge in [0.1, 0.15) is 0 Å². The van der Waals surface area contributed by atoms with Gasteiger partial charge in [-0.1, -0.05) is 30.2 Å². The van der Waals surface area contributed by atoms with Crippen LogP contribution < -0.4 is 5.73 Å². The number of rotatable bonds is 2. The van der Waals surface area contributed by atoms with E-state index in [9.17, 15) is 4.79 Å². The van der Waals surface area contributed by atoms with Gasteiger partial charge in [0.15, 0.2) is 5.78 Å². The zero-order valence-electron chi connectivity index (χ0n) is 9.99. The van der Waals surface area contributed by atoms with Crippen molar-refractivity contribution in [3.05, 3.63) is 34.9 Å². The molecule has 86 valence electrons. The second-order valence-electron chi connectivity index (χ2n) is 4.88. The maximum Gasteiger partial charge on any atom is 0.167 e. The van der Waals surface area contributed by atoms with Crippen molar-refractivity contribution < 1.29 is 4.79 Å². The number of aryl methyl sites for hydroxylation is 2. The van der Waals surface area contributed by atoms with E-state index in [0.717, 1.165) is 30.4 Å². The van der Waals surface area contributed by atoms with Crippen molar-refractivity contribution in [2.45, 2.75) is 39.2 Å². The number of hydrogen-bond acceptors (Lipinski definition) is 2. The van der Waals surface area contributed by atoms with Crippen LogP contribution in [0.15, 0.2) is 18.2 Å². The van der Waals surface area contributed by atoms with Gasteiger partial charge in [0.2, 0.25) is 0 Å². The van der Waals surface area contributed by atoms with Crippen molar-refractivity contribution in [2.75, 3.05) is 0 Å². The molecule has 0 spiro atoms. The lowest BCUT2D eigenvalue weighted by Gasteiger charge is -2.15. The first-order valence-electron chi connectivity index (χ1n) is 5.96. The number of carbonyl (C=O) groups is 1. The maximum absolute atomic E-state index is 12.3. The monoisotopic (exact) mass is 217 g/mol. The molecule has 2 atom stereocenters. The van der Waals surface area contributed by atoms with Crippen LogP contribution in [-0.2, 0) is 0 Å². The second-order valence-corrected chi connectivity index (χ2v) is 4.88. The molecule has 0 aromatic heterocycles. The summed E-state index contributed by atoms with van der Waals surface area (Å²) in [7, 11) is 0. The van der Waals surface area contributed by atoms with Crippen LogP contribution in [0.1, 0.15) is 40.7 Å². The lowest BCUT2D eigenvalue weighted by Crippen LogP contribution is -2.31. The van der Waals surface area contributed by atoms with Crippen LogP contribution in [0, 0.1) is 19.8 Å². The summed E-state index contributed by atoms with van der Waals surface area (Å²) in [6, 6.07) is 6.07. The molecule has 1 aromatic carbocycles. The molecule has 16 heavy (non-hydrogen) atoms. The first kappa shape index (κ1) is 11.3. The minimum Gasteiger partial charge on any atom is -0.327 e. The zero-order valence-corrected chi connectivity index (χ0v) is 9.99. The Bertz CT molecular complexity index is 411. The van der Waals surface area contributed by atoms with E-state index >= 15 is 0 Å². The number of carbonyl (C=O) groups excluding carboxylic acids is 1. The number of benzene rings is 1. The Morgan fingerprint density at radius 2 is 2.06 bits per heavy atom. The SMILES string of the molecule is Cc1ccc(C(=O)C2CCCC2N)c(C)c1. The highest BCUT2D eigenvalue weighted by atomic mass is 16.1. The molecular formula is C14H19NO. The molecule has 0 heterocycles. The van der Waals surface area contributed by atoms with Crippen molar-refractivity contribution in [2.24, 2.45) is 11.7 Å². The Kier molecular flexibility index (Phi) is 3.10. The predicted octanol–water partition coefficient (Wildman–Crippen LogP) is 2.61. The maximum atomic E-state index is 12.3. The Balaban J connectivity index is 2.27. The van der Waals surface area contributed by atoms with E-state index in [4.69, 9.17) is 5.73 Å². The van der Waals surface area contributed by atoms with E-state index in [1.54, 1.807) is 0 Å². The molecule has 2 unspecified atom stereocenters. The van der Waals surface area contributed by atoms with Crippen molar-refractivity contribution >= 4 is 5.78 Å². The summed E-state index contributed by atoms with van der Waals surface area (Å²) in [5, 5.41) is 0. The highest BCUT2D eigenvalue weighted by Gasteiger charge is 2.31. The Morgan fingerprint density at radius 3 is 2.62 bits per heavy atom. The van der Waals surface area contributed by atoms with Crippen molar-refractivity contribution in [3.8, 4) is 0 Å². The van der Waals surface area contributed by atoms with Gasteiger partial charge >= 0.3 is 0 Å². The number of ketones is 1. The van der Waals surface area contributed by atoms with Crippen LogP contribution in [0.5, 0.6) is 0 Å². The van der Waals surface area contributed by atoms with Crippen LogP contribution in [0.3, 0.4) is 0 Å². The number of hydrogen-bond donors (Lipinski definition) is 1. The fourth-order valence-electron chi connectivity index (χ4n) is 2.60. The third-order valence-corrected chi connectivity index (χ3v) is 3.55. The lowest BCUT2D eigenvalue weighted by molar-refractivity contribution is 0.0913. The average molecular weight is 217 g/mol. The van der Waals surface area contributed by atoms with Gasteiger partial charge in [0.05, 0.1) is 0 Å². The minimum atomic E-state index is 0.0430. The van der Waals surface area contributed by atoms with Crippen LogP contribution in [0.25, 0.3) is 0 Å². The third-order valence-electron chi connectivity index (χ3n) is 3.55. The van der Waals surface area contributed by atoms with E-state index in [1.807, 2.05) is 26.0 Å². The summed E-state index contributed by atoms with van der Waals surface area (Å²) in [5.41, 5.74) is 9.10. The summed E-state index contributed by atoms with van der Waals surface area (Å²) in [5.74, 6) is 0.281. The van der Waals surface area contributed by atoms with E-state index in [-0.39, 0.29) is 17.7 Å². The Morgan fingerprint density at radius 1 is 1.31 bits per heavy atom. The molecule has 2 rings (SSSR count). The predicted molar refractivity (Wildman–Crippen MR) is 65.6 cm³/mol. The first-order valence-corrected chi connectivity index (χ1v) is 5.96. The molecule has 1 aliphatic rings. The number of Topliss-reactive ketones (excluding diaryl/α,β-unsaturated/α-hetero) is 1. The molecular weight excluding hydrogens is 198 g/mol. The van der Waals surface area contributed by atoms with Gasteiger partial charge in [-0.2, -0.15) is 0 Å². The largest absolute Gasteiger partial charge is 0.327 e. The summed E-state index contributed by atoms with van der Waals surface area (Å²) in [6.45, 7) is 4.04. The van der Waals surface area contributed by atoms with E-state index in [2.05, 4.69) is 6.07 Å². The molecule has 1 saturated carbocycles. The molecule has 0 aliphatic heterocycles. The van der Waals surface area contributed by atoms with Gasteiger partial charge in [0.25, 0.3) is 0 Å².